The number of benzene rings is 1. The molecule has 118 valence electrons. The minimum absolute atomic E-state index is 0.0310. The summed E-state index contributed by atoms with van der Waals surface area (Å²) in [5.41, 5.74) is 0.577. The Hall–Kier alpha value is -1.72. The molecule has 0 bridgehead atoms. The highest BCUT2D eigenvalue weighted by Crippen LogP contribution is 2.32. The van der Waals surface area contributed by atoms with Crippen LogP contribution >= 0.6 is 0 Å². The first-order valence-electron chi connectivity index (χ1n) is 7.86. The molecule has 0 saturated carbocycles. The number of aromatic nitrogens is 2. The quantitative estimate of drug-likeness (QED) is 0.910. The van der Waals surface area contributed by atoms with E-state index in [0.29, 0.717) is 11.2 Å². The number of hydrogen-bond acceptors (Lipinski definition) is 4. The van der Waals surface area contributed by atoms with Crippen molar-refractivity contribution in [2.75, 3.05) is 19.7 Å². The first-order valence-corrected chi connectivity index (χ1v) is 7.86. The van der Waals surface area contributed by atoms with E-state index in [2.05, 4.69) is 28.7 Å². The molecule has 1 aliphatic heterocycles. The SMILES string of the molecule is CC(c1nc2ccccc2c(=O)[nH]1)N1CCCC(C)(CO)C1. The van der Waals surface area contributed by atoms with Crippen LogP contribution in [0.3, 0.4) is 0 Å². The van der Waals surface area contributed by atoms with E-state index in [0.717, 1.165) is 31.4 Å². The van der Waals surface area contributed by atoms with Gasteiger partial charge in [-0.3, -0.25) is 9.69 Å². The molecule has 5 heteroatoms. The van der Waals surface area contributed by atoms with Gasteiger partial charge in [0.1, 0.15) is 5.82 Å². The average Bonchev–Trinajstić information content (AvgIpc) is 2.54. The number of nitrogens with one attached hydrogen (secondary N) is 1. The lowest BCUT2D eigenvalue weighted by atomic mass is 9.82. The second-order valence-electron chi connectivity index (χ2n) is 6.69. The standard InChI is InChI=1S/C17H23N3O2/c1-12(20-9-5-8-17(2,10-20)11-21)15-18-14-7-4-3-6-13(14)16(22)19-15/h3-4,6-7,12,21H,5,8-11H2,1-2H3,(H,18,19,22). The molecule has 1 fully saturated rings. The Bertz CT molecular complexity index is 727. The van der Waals surface area contributed by atoms with Crippen LogP contribution in [0.2, 0.25) is 0 Å². The van der Waals surface area contributed by atoms with Crippen LogP contribution in [0.15, 0.2) is 29.1 Å². The lowest BCUT2D eigenvalue weighted by Gasteiger charge is -2.41. The molecule has 2 aromatic rings. The number of fused-ring (bicyclic) bond motifs is 1. The van der Waals surface area contributed by atoms with Crippen LogP contribution in [-0.4, -0.2) is 39.7 Å². The molecular formula is C17H23N3O2. The van der Waals surface area contributed by atoms with Crippen LogP contribution in [0, 0.1) is 5.41 Å². The molecular weight excluding hydrogens is 278 g/mol. The fraction of sp³-hybridized carbons (Fsp3) is 0.529. The third-order valence-electron chi connectivity index (χ3n) is 4.77. The maximum absolute atomic E-state index is 12.2. The van der Waals surface area contributed by atoms with Crippen LogP contribution in [0.25, 0.3) is 10.9 Å². The summed E-state index contributed by atoms with van der Waals surface area (Å²) in [5, 5.41) is 10.2. The molecule has 22 heavy (non-hydrogen) atoms. The van der Waals surface area contributed by atoms with Crippen LogP contribution in [-0.2, 0) is 0 Å². The fourth-order valence-electron chi connectivity index (χ4n) is 3.29. The van der Waals surface area contributed by atoms with Crippen LogP contribution in [0.5, 0.6) is 0 Å². The normalized spacial score (nSPS) is 24.5. The zero-order valence-corrected chi connectivity index (χ0v) is 13.2. The monoisotopic (exact) mass is 301 g/mol. The van der Waals surface area contributed by atoms with E-state index in [4.69, 9.17) is 0 Å². The summed E-state index contributed by atoms with van der Waals surface area (Å²) in [5.74, 6) is 0.700. The molecule has 2 atom stereocenters. The molecule has 1 aliphatic rings. The molecule has 0 spiro atoms. The summed E-state index contributed by atoms with van der Waals surface area (Å²) >= 11 is 0. The first-order chi connectivity index (χ1) is 10.5. The summed E-state index contributed by atoms with van der Waals surface area (Å²) in [6.45, 7) is 6.16. The molecule has 5 nitrogen and oxygen atoms in total. The lowest BCUT2D eigenvalue weighted by molar-refractivity contribution is 0.0263. The highest BCUT2D eigenvalue weighted by atomic mass is 16.3. The van der Waals surface area contributed by atoms with Crippen LogP contribution < -0.4 is 5.56 Å². The van der Waals surface area contributed by atoms with E-state index in [9.17, 15) is 9.90 Å². The Morgan fingerprint density at radius 3 is 3.00 bits per heavy atom. The van der Waals surface area contributed by atoms with Crippen molar-refractivity contribution >= 4 is 10.9 Å². The van der Waals surface area contributed by atoms with Crippen LogP contribution in [0.4, 0.5) is 0 Å². The Kier molecular flexibility index (Phi) is 4.02. The van der Waals surface area contributed by atoms with E-state index in [-0.39, 0.29) is 23.6 Å². The average molecular weight is 301 g/mol. The number of nitrogens with zero attached hydrogens (tertiary/aromatic N) is 2. The van der Waals surface area contributed by atoms with Crippen LogP contribution in [0.1, 0.15) is 38.6 Å². The minimum atomic E-state index is -0.0885. The molecule has 2 N–H and O–H groups in total. The number of hydrogen-bond donors (Lipinski definition) is 2. The highest BCUT2D eigenvalue weighted by Gasteiger charge is 2.33. The summed E-state index contributed by atoms with van der Waals surface area (Å²) in [6.07, 6.45) is 2.09. The van der Waals surface area contributed by atoms with Gasteiger partial charge in [0, 0.05) is 18.6 Å². The smallest absolute Gasteiger partial charge is 0.258 e. The second kappa shape index (κ2) is 5.82. The third-order valence-corrected chi connectivity index (χ3v) is 4.77. The largest absolute Gasteiger partial charge is 0.396 e. The van der Waals surface area contributed by atoms with E-state index in [1.54, 1.807) is 6.07 Å². The number of para-hydroxylation sites is 1. The van der Waals surface area contributed by atoms with Crippen molar-refractivity contribution < 1.29 is 5.11 Å². The van der Waals surface area contributed by atoms with Gasteiger partial charge in [0.25, 0.3) is 5.56 Å². The van der Waals surface area contributed by atoms with E-state index < -0.39 is 0 Å². The molecule has 0 aliphatic carbocycles. The topological polar surface area (TPSA) is 69.2 Å². The van der Waals surface area contributed by atoms with Crippen molar-refractivity contribution in [3.63, 3.8) is 0 Å². The third kappa shape index (κ3) is 2.78. The molecule has 0 amide bonds. The molecule has 3 rings (SSSR count). The number of piperidine rings is 1. The van der Waals surface area contributed by atoms with E-state index in [1.807, 2.05) is 18.2 Å². The zero-order valence-electron chi connectivity index (χ0n) is 13.2. The number of rotatable bonds is 3. The van der Waals surface area contributed by atoms with Crippen molar-refractivity contribution in [1.29, 1.82) is 0 Å². The lowest BCUT2D eigenvalue weighted by Crippen LogP contribution is -2.45. The Balaban J connectivity index is 1.92. The Morgan fingerprint density at radius 2 is 2.23 bits per heavy atom. The van der Waals surface area contributed by atoms with Gasteiger partial charge >= 0.3 is 0 Å². The zero-order chi connectivity index (χ0) is 15.7. The van der Waals surface area contributed by atoms with Gasteiger partial charge in [0.15, 0.2) is 0 Å². The van der Waals surface area contributed by atoms with Crippen molar-refractivity contribution in [1.82, 2.24) is 14.9 Å². The molecule has 0 radical (unpaired) electrons. The van der Waals surface area contributed by atoms with Crippen molar-refractivity contribution in [3.8, 4) is 0 Å². The van der Waals surface area contributed by atoms with Crippen molar-refractivity contribution in [2.24, 2.45) is 5.41 Å². The maximum Gasteiger partial charge on any atom is 0.258 e. The van der Waals surface area contributed by atoms with Gasteiger partial charge < -0.3 is 10.1 Å². The van der Waals surface area contributed by atoms with Crippen molar-refractivity contribution in [3.05, 3.63) is 40.4 Å². The summed E-state index contributed by atoms with van der Waals surface area (Å²) in [4.78, 5) is 22.1. The Labute approximate surface area is 130 Å². The van der Waals surface area contributed by atoms with Gasteiger partial charge in [-0.2, -0.15) is 0 Å². The fourth-order valence-corrected chi connectivity index (χ4v) is 3.29. The van der Waals surface area contributed by atoms with E-state index >= 15 is 0 Å². The predicted molar refractivity (Wildman–Crippen MR) is 86.8 cm³/mol. The summed E-state index contributed by atoms with van der Waals surface area (Å²) < 4.78 is 0. The van der Waals surface area contributed by atoms with Gasteiger partial charge in [-0.05, 0) is 38.4 Å². The molecule has 1 saturated heterocycles. The van der Waals surface area contributed by atoms with Gasteiger partial charge in [0.05, 0.1) is 16.9 Å². The number of aliphatic hydroxyl groups excluding tert-OH is 1. The molecule has 2 heterocycles. The number of H-pyrrole nitrogens is 1. The van der Waals surface area contributed by atoms with E-state index in [1.165, 1.54) is 0 Å². The van der Waals surface area contributed by atoms with Gasteiger partial charge in [-0.15, -0.1) is 0 Å². The number of aliphatic hydroxyl groups is 1. The molecule has 2 unspecified atom stereocenters. The van der Waals surface area contributed by atoms with Gasteiger partial charge in [-0.25, -0.2) is 4.98 Å². The summed E-state index contributed by atoms with van der Waals surface area (Å²) in [6, 6.07) is 7.43. The minimum Gasteiger partial charge on any atom is -0.396 e. The predicted octanol–water partition coefficient (Wildman–Crippen LogP) is 2.08. The highest BCUT2D eigenvalue weighted by molar-refractivity contribution is 5.77. The van der Waals surface area contributed by atoms with Gasteiger partial charge in [-0.1, -0.05) is 19.1 Å². The second-order valence-corrected chi connectivity index (χ2v) is 6.69. The first kappa shape index (κ1) is 15.2. The number of aromatic amines is 1. The summed E-state index contributed by atoms with van der Waals surface area (Å²) in [7, 11) is 0. The Morgan fingerprint density at radius 1 is 1.45 bits per heavy atom. The van der Waals surface area contributed by atoms with Crippen molar-refractivity contribution in [2.45, 2.75) is 32.7 Å². The molecule has 1 aromatic carbocycles. The molecule has 1 aromatic heterocycles. The number of likely N-dealkylation sites (tertiary alicyclic amines) is 1. The van der Waals surface area contributed by atoms with Gasteiger partial charge in [0.2, 0.25) is 0 Å². The maximum atomic E-state index is 12.2.